The predicted octanol–water partition coefficient (Wildman–Crippen LogP) is 5.13. The Bertz CT molecular complexity index is 1140. The van der Waals surface area contributed by atoms with Gasteiger partial charge in [-0.1, -0.05) is 71.8 Å². The fraction of sp³-hybridized carbons (Fsp3) is 0.308. The molecule has 0 atom stereocenters. The number of benzene rings is 2. The van der Waals surface area contributed by atoms with E-state index in [1.807, 2.05) is 49.5 Å². The van der Waals surface area contributed by atoms with E-state index in [9.17, 15) is 4.79 Å². The van der Waals surface area contributed by atoms with Gasteiger partial charge in [0.05, 0.1) is 23.6 Å². The largest absolute Gasteiger partial charge is 0.355 e. The van der Waals surface area contributed by atoms with E-state index >= 15 is 0 Å². The fourth-order valence-electron chi connectivity index (χ4n) is 3.78. The Morgan fingerprint density at radius 3 is 2.55 bits per heavy atom. The summed E-state index contributed by atoms with van der Waals surface area (Å²) in [4.78, 5) is 11.8. The van der Waals surface area contributed by atoms with Gasteiger partial charge >= 0.3 is 0 Å². The second kappa shape index (κ2) is 12.6. The Morgan fingerprint density at radius 1 is 1.06 bits per heavy atom. The van der Waals surface area contributed by atoms with Crippen LogP contribution in [-0.4, -0.2) is 23.6 Å². The van der Waals surface area contributed by atoms with Crippen LogP contribution in [0.5, 0.6) is 0 Å². The van der Waals surface area contributed by atoms with Gasteiger partial charge in [-0.3, -0.25) is 4.79 Å². The van der Waals surface area contributed by atoms with Crippen molar-refractivity contribution in [2.75, 3.05) is 13.1 Å². The van der Waals surface area contributed by atoms with E-state index in [-0.39, 0.29) is 5.91 Å². The summed E-state index contributed by atoms with van der Waals surface area (Å²) in [7, 11) is 2.03. The van der Waals surface area contributed by atoms with Crippen molar-refractivity contribution in [2.45, 2.75) is 32.2 Å². The molecule has 5 nitrogen and oxygen atoms in total. The zero-order chi connectivity index (χ0) is 23.6. The standard InChI is InChI=1S/C26H30Cl2N4O/c1-31-23-18-21(27)22(28)19-24(23)32(17-9-3-6-13-25(33)30-16-15-29)26(31)14-8-7-12-20-10-4-2-5-11-20/h2,4-5,7-8,10-12,14,18-19H,3,6,9,13,15-17,29H2,1H3/p+1/b12-7+,14-8+. The van der Waals surface area contributed by atoms with Crippen LogP contribution in [-0.2, 0) is 18.4 Å². The molecule has 0 fully saturated rings. The van der Waals surface area contributed by atoms with Crippen LogP contribution in [0.4, 0.5) is 0 Å². The summed E-state index contributed by atoms with van der Waals surface area (Å²) in [5, 5.41) is 3.90. The first-order valence-corrected chi connectivity index (χ1v) is 12.0. The lowest BCUT2D eigenvalue weighted by Crippen LogP contribution is -2.31. The summed E-state index contributed by atoms with van der Waals surface area (Å²) in [5.41, 5.74) is 8.65. The van der Waals surface area contributed by atoms with Crippen LogP contribution in [0.15, 0.2) is 54.6 Å². The van der Waals surface area contributed by atoms with E-state index in [2.05, 4.69) is 38.7 Å². The molecule has 3 rings (SSSR count). The highest BCUT2D eigenvalue weighted by Crippen LogP contribution is 2.28. The van der Waals surface area contributed by atoms with Gasteiger partial charge in [-0.25, -0.2) is 9.13 Å². The van der Waals surface area contributed by atoms with Gasteiger partial charge in [0.2, 0.25) is 5.91 Å². The van der Waals surface area contributed by atoms with Crippen LogP contribution in [0.3, 0.4) is 0 Å². The fourth-order valence-corrected chi connectivity index (χ4v) is 4.10. The molecule has 1 amide bonds. The SMILES string of the molecule is C[n+]1c(/C=C/C=C/c2ccccc2)n(CCCCCC(=O)NCCN)c2cc(Cl)c(Cl)cc21. The molecule has 33 heavy (non-hydrogen) atoms. The first-order chi connectivity index (χ1) is 16.0. The van der Waals surface area contributed by atoms with E-state index in [0.29, 0.717) is 29.6 Å². The summed E-state index contributed by atoms with van der Waals surface area (Å²) < 4.78 is 4.39. The first kappa shape index (κ1) is 25.0. The maximum atomic E-state index is 11.8. The number of amides is 1. The number of nitrogens with one attached hydrogen (secondary N) is 1. The van der Waals surface area contributed by atoms with E-state index in [0.717, 1.165) is 48.2 Å². The third-order valence-corrected chi connectivity index (χ3v) is 6.21. The van der Waals surface area contributed by atoms with Crippen molar-refractivity contribution < 1.29 is 9.36 Å². The third kappa shape index (κ3) is 6.94. The number of nitrogens with zero attached hydrogens (tertiary/aromatic N) is 2. The zero-order valence-corrected chi connectivity index (χ0v) is 20.4. The molecule has 0 saturated heterocycles. The monoisotopic (exact) mass is 485 g/mol. The molecule has 1 heterocycles. The summed E-state index contributed by atoms with van der Waals surface area (Å²) in [5.74, 6) is 1.12. The maximum absolute atomic E-state index is 11.8. The number of carbonyl (C=O) groups excluding carboxylic acids is 1. The summed E-state index contributed by atoms with van der Waals surface area (Å²) in [6, 6.07) is 14.0. The van der Waals surface area contributed by atoms with Gasteiger partial charge in [-0.15, -0.1) is 0 Å². The van der Waals surface area contributed by atoms with Gasteiger partial charge in [0.1, 0.15) is 0 Å². The van der Waals surface area contributed by atoms with Gasteiger partial charge in [0.15, 0.2) is 11.0 Å². The number of halogens is 2. The highest BCUT2D eigenvalue weighted by Gasteiger charge is 2.22. The van der Waals surface area contributed by atoms with E-state index in [4.69, 9.17) is 28.9 Å². The molecule has 174 valence electrons. The number of aryl methyl sites for hydroxylation is 2. The molecule has 0 aliphatic rings. The quantitative estimate of drug-likeness (QED) is 0.224. The molecule has 0 aliphatic heterocycles. The Kier molecular flexibility index (Phi) is 9.55. The van der Waals surface area contributed by atoms with Crippen molar-refractivity contribution in [1.29, 1.82) is 0 Å². The minimum absolute atomic E-state index is 0.0634. The first-order valence-electron chi connectivity index (χ1n) is 11.2. The molecule has 0 saturated carbocycles. The lowest BCUT2D eigenvalue weighted by atomic mass is 10.2. The molecule has 3 N–H and O–H groups in total. The molecule has 0 aliphatic carbocycles. The van der Waals surface area contributed by atoms with Gasteiger partial charge < -0.3 is 11.1 Å². The molecule has 0 spiro atoms. The number of allylic oxidation sites excluding steroid dienone is 2. The van der Waals surface area contributed by atoms with Gasteiger partial charge in [-0.05, 0) is 24.8 Å². The number of nitrogens with two attached hydrogens (primary N) is 1. The Labute approximate surface area is 205 Å². The molecule has 0 radical (unpaired) electrons. The number of hydrogen-bond acceptors (Lipinski definition) is 2. The second-order valence-electron chi connectivity index (χ2n) is 7.90. The number of hydrogen-bond donors (Lipinski definition) is 2. The Morgan fingerprint density at radius 2 is 1.79 bits per heavy atom. The zero-order valence-electron chi connectivity index (χ0n) is 18.9. The van der Waals surface area contributed by atoms with Crippen molar-refractivity contribution in [1.82, 2.24) is 9.88 Å². The van der Waals surface area contributed by atoms with Crippen molar-refractivity contribution in [3.8, 4) is 0 Å². The maximum Gasteiger partial charge on any atom is 0.282 e. The molecule has 1 aromatic heterocycles. The van der Waals surface area contributed by atoms with Crippen molar-refractivity contribution in [2.24, 2.45) is 12.8 Å². The molecular formula is C26H31Cl2N4O+. The van der Waals surface area contributed by atoms with Crippen LogP contribution < -0.4 is 15.6 Å². The normalized spacial score (nSPS) is 11.8. The summed E-state index contributed by atoms with van der Waals surface area (Å²) >= 11 is 12.6. The lowest BCUT2D eigenvalue weighted by Gasteiger charge is -2.04. The molecular weight excluding hydrogens is 455 g/mol. The third-order valence-electron chi connectivity index (χ3n) is 5.49. The lowest BCUT2D eigenvalue weighted by molar-refractivity contribution is -0.647. The van der Waals surface area contributed by atoms with Crippen molar-refractivity contribution >= 4 is 52.3 Å². The molecule has 2 aromatic carbocycles. The average Bonchev–Trinajstić information content (AvgIpc) is 3.06. The Balaban J connectivity index is 1.75. The number of carbonyl (C=O) groups is 1. The highest BCUT2D eigenvalue weighted by atomic mass is 35.5. The number of rotatable bonds is 11. The van der Waals surface area contributed by atoms with Crippen LogP contribution in [0.25, 0.3) is 23.2 Å². The average molecular weight is 486 g/mol. The van der Waals surface area contributed by atoms with Crippen LogP contribution >= 0.6 is 23.2 Å². The smallest absolute Gasteiger partial charge is 0.282 e. The van der Waals surface area contributed by atoms with Gasteiger partial charge in [-0.2, -0.15) is 0 Å². The topological polar surface area (TPSA) is 63.9 Å². The Hall–Kier alpha value is -2.60. The van der Waals surface area contributed by atoms with Gasteiger partial charge in [0, 0.05) is 37.7 Å². The van der Waals surface area contributed by atoms with E-state index < -0.39 is 0 Å². The number of aromatic nitrogens is 2. The predicted molar refractivity (Wildman–Crippen MR) is 138 cm³/mol. The molecule has 7 heteroatoms. The van der Waals surface area contributed by atoms with Crippen LogP contribution in [0, 0.1) is 0 Å². The van der Waals surface area contributed by atoms with Crippen molar-refractivity contribution in [3.05, 3.63) is 76.0 Å². The number of unbranched alkanes of at least 4 members (excludes halogenated alkanes) is 2. The second-order valence-corrected chi connectivity index (χ2v) is 8.72. The summed E-state index contributed by atoms with van der Waals surface area (Å²) in [6.45, 7) is 1.82. The van der Waals surface area contributed by atoms with Gasteiger partial charge in [0.25, 0.3) is 5.82 Å². The van der Waals surface area contributed by atoms with E-state index in [1.165, 1.54) is 0 Å². The molecule has 0 bridgehead atoms. The molecule has 3 aromatic rings. The number of fused-ring (bicyclic) bond motifs is 1. The minimum atomic E-state index is 0.0634. The van der Waals surface area contributed by atoms with Crippen molar-refractivity contribution in [3.63, 3.8) is 0 Å². The van der Waals surface area contributed by atoms with Crippen LogP contribution in [0.1, 0.15) is 37.1 Å². The minimum Gasteiger partial charge on any atom is -0.355 e. The number of imidazole rings is 1. The highest BCUT2D eigenvalue weighted by molar-refractivity contribution is 6.42. The van der Waals surface area contributed by atoms with E-state index in [1.54, 1.807) is 0 Å². The summed E-state index contributed by atoms with van der Waals surface area (Å²) in [6.07, 6.45) is 11.5. The van der Waals surface area contributed by atoms with Crippen LogP contribution in [0.2, 0.25) is 10.0 Å². The molecule has 0 unspecified atom stereocenters.